The molecule has 0 aliphatic rings. The fraction of sp³-hybridized carbons (Fsp3) is 0. The maximum absolute atomic E-state index is 11.9. The van der Waals surface area contributed by atoms with Gasteiger partial charge in [-0.1, -0.05) is 6.07 Å². The highest BCUT2D eigenvalue weighted by molar-refractivity contribution is 7.89. The summed E-state index contributed by atoms with van der Waals surface area (Å²) in [4.78, 5) is 11.9. The van der Waals surface area contributed by atoms with Crippen LogP contribution >= 0.6 is 0 Å². The molecule has 2 aromatic rings. The minimum absolute atomic E-state index is 0.0144. The lowest BCUT2D eigenvalue weighted by Crippen LogP contribution is -2.14. The molecule has 2 aromatic carbocycles. The second kappa shape index (κ2) is 5.32. The Morgan fingerprint density at radius 2 is 1.70 bits per heavy atom. The first kappa shape index (κ1) is 14.0. The van der Waals surface area contributed by atoms with E-state index in [9.17, 15) is 13.2 Å². The third-order valence-electron chi connectivity index (χ3n) is 2.59. The number of primary sulfonamides is 1. The molecule has 0 saturated heterocycles. The van der Waals surface area contributed by atoms with Crippen LogP contribution in [0.3, 0.4) is 0 Å². The molecular weight excluding hydrogens is 278 g/mol. The van der Waals surface area contributed by atoms with Gasteiger partial charge in [-0.3, -0.25) is 4.79 Å². The SMILES string of the molecule is Nc1cccc(C(=O)Nc2ccc(S(N)(=O)=O)cc2)c1. The van der Waals surface area contributed by atoms with Crippen LogP contribution in [0.15, 0.2) is 53.4 Å². The van der Waals surface area contributed by atoms with E-state index in [0.717, 1.165) is 0 Å². The molecule has 20 heavy (non-hydrogen) atoms. The Balaban J connectivity index is 2.16. The average Bonchev–Trinajstić information content (AvgIpc) is 2.38. The summed E-state index contributed by atoms with van der Waals surface area (Å²) in [6.45, 7) is 0. The fourth-order valence-corrected chi connectivity index (χ4v) is 2.13. The molecule has 0 radical (unpaired) electrons. The van der Waals surface area contributed by atoms with Crippen molar-refractivity contribution in [3.05, 3.63) is 54.1 Å². The summed E-state index contributed by atoms with van der Waals surface area (Å²) in [5.74, 6) is -0.333. The monoisotopic (exact) mass is 291 g/mol. The molecular formula is C13H13N3O3S. The van der Waals surface area contributed by atoms with Crippen LogP contribution in [0.1, 0.15) is 10.4 Å². The van der Waals surface area contributed by atoms with Crippen LogP contribution < -0.4 is 16.2 Å². The molecule has 0 bridgehead atoms. The van der Waals surface area contributed by atoms with E-state index < -0.39 is 10.0 Å². The van der Waals surface area contributed by atoms with Crippen LogP contribution in [-0.4, -0.2) is 14.3 Å². The van der Waals surface area contributed by atoms with Gasteiger partial charge in [0, 0.05) is 16.9 Å². The van der Waals surface area contributed by atoms with Crippen molar-refractivity contribution in [1.82, 2.24) is 0 Å². The van der Waals surface area contributed by atoms with Gasteiger partial charge in [0.25, 0.3) is 5.91 Å². The van der Waals surface area contributed by atoms with E-state index in [1.807, 2.05) is 0 Å². The predicted octanol–water partition coefficient (Wildman–Crippen LogP) is 1.17. The van der Waals surface area contributed by atoms with Gasteiger partial charge in [-0.05, 0) is 42.5 Å². The van der Waals surface area contributed by atoms with Crippen LogP contribution in [0, 0.1) is 0 Å². The largest absolute Gasteiger partial charge is 0.399 e. The van der Waals surface area contributed by atoms with Crippen molar-refractivity contribution in [3.63, 3.8) is 0 Å². The van der Waals surface area contributed by atoms with Crippen LogP contribution in [0.2, 0.25) is 0 Å². The minimum atomic E-state index is -3.74. The molecule has 0 saturated carbocycles. The van der Waals surface area contributed by atoms with Crippen LogP contribution in [-0.2, 0) is 10.0 Å². The average molecular weight is 291 g/mol. The standard InChI is InChI=1S/C13H13N3O3S/c14-10-3-1-2-9(8-10)13(17)16-11-4-6-12(7-5-11)20(15,18)19/h1-8H,14H2,(H,16,17)(H2,15,18,19). The summed E-state index contributed by atoms with van der Waals surface area (Å²) in [5, 5.41) is 7.62. The Morgan fingerprint density at radius 3 is 2.25 bits per heavy atom. The predicted molar refractivity (Wildman–Crippen MR) is 76.6 cm³/mol. The Bertz CT molecular complexity index is 740. The third kappa shape index (κ3) is 3.34. The molecule has 0 heterocycles. The lowest BCUT2D eigenvalue weighted by Gasteiger charge is -2.06. The molecule has 0 aliphatic carbocycles. The normalized spacial score (nSPS) is 11.1. The molecule has 0 fully saturated rings. The number of benzene rings is 2. The van der Waals surface area contributed by atoms with E-state index >= 15 is 0 Å². The molecule has 0 aliphatic heterocycles. The Hall–Kier alpha value is -2.38. The summed E-state index contributed by atoms with van der Waals surface area (Å²) in [7, 11) is -3.74. The quantitative estimate of drug-likeness (QED) is 0.736. The number of nitrogen functional groups attached to an aromatic ring is 1. The topological polar surface area (TPSA) is 115 Å². The number of carbonyl (C=O) groups excluding carboxylic acids is 1. The number of carbonyl (C=O) groups is 1. The number of hydrogen-bond donors (Lipinski definition) is 3. The van der Waals surface area contributed by atoms with Gasteiger partial charge in [-0.25, -0.2) is 13.6 Å². The highest BCUT2D eigenvalue weighted by Crippen LogP contribution is 2.14. The molecule has 0 spiro atoms. The second-order valence-corrected chi connectivity index (χ2v) is 5.71. The molecule has 0 atom stereocenters. The fourth-order valence-electron chi connectivity index (χ4n) is 1.61. The van der Waals surface area contributed by atoms with Crippen molar-refractivity contribution in [3.8, 4) is 0 Å². The Morgan fingerprint density at radius 1 is 1.05 bits per heavy atom. The maximum atomic E-state index is 11.9. The van der Waals surface area contributed by atoms with Crippen LogP contribution in [0.25, 0.3) is 0 Å². The van der Waals surface area contributed by atoms with Gasteiger partial charge in [0.05, 0.1) is 4.90 Å². The number of amides is 1. The lowest BCUT2D eigenvalue weighted by atomic mass is 10.2. The van der Waals surface area contributed by atoms with E-state index in [2.05, 4.69) is 5.32 Å². The van der Waals surface area contributed by atoms with Gasteiger partial charge >= 0.3 is 0 Å². The van der Waals surface area contributed by atoms with E-state index in [0.29, 0.717) is 16.9 Å². The molecule has 2 rings (SSSR count). The van der Waals surface area contributed by atoms with Crippen molar-refractivity contribution in [1.29, 1.82) is 0 Å². The number of rotatable bonds is 3. The maximum Gasteiger partial charge on any atom is 0.255 e. The van der Waals surface area contributed by atoms with Gasteiger partial charge in [-0.2, -0.15) is 0 Å². The van der Waals surface area contributed by atoms with E-state index in [4.69, 9.17) is 10.9 Å². The molecule has 1 amide bonds. The summed E-state index contributed by atoms with van der Waals surface area (Å²) in [5.41, 5.74) is 6.97. The first-order valence-corrected chi connectivity index (χ1v) is 7.21. The molecule has 0 aromatic heterocycles. The molecule has 6 nitrogen and oxygen atoms in total. The zero-order valence-electron chi connectivity index (χ0n) is 10.4. The number of sulfonamides is 1. The summed E-state index contributed by atoms with van der Waals surface area (Å²) < 4.78 is 22.2. The minimum Gasteiger partial charge on any atom is -0.399 e. The number of nitrogens with two attached hydrogens (primary N) is 2. The van der Waals surface area contributed by atoms with Crippen LogP contribution in [0.4, 0.5) is 11.4 Å². The lowest BCUT2D eigenvalue weighted by molar-refractivity contribution is 0.102. The van der Waals surface area contributed by atoms with E-state index in [1.165, 1.54) is 24.3 Å². The van der Waals surface area contributed by atoms with Crippen molar-refractivity contribution in [2.45, 2.75) is 4.90 Å². The van der Waals surface area contributed by atoms with E-state index in [-0.39, 0.29) is 10.8 Å². The van der Waals surface area contributed by atoms with Gasteiger partial charge in [0.1, 0.15) is 0 Å². The molecule has 5 N–H and O–H groups in total. The second-order valence-electron chi connectivity index (χ2n) is 4.15. The Labute approximate surface area is 116 Å². The van der Waals surface area contributed by atoms with Crippen molar-refractivity contribution in [2.24, 2.45) is 5.14 Å². The van der Waals surface area contributed by atoms with Crippen molar-refractivity contribution < 1.29 is 13.2 Å². The first-order chi connectivity index (χ1) is 9.36. The van der Waals surface area contributed by atoms with E-state index in [1.54, 1.807) is 24.3 Å². The van der Waals surface area contributed by atoms with Gasteiger partial charge in [0.2, 0.25) is 10.0 Å². The summed E-state index contributed by atoms with van der Waals surface area (Å²) in [6.07, 6.45) is 0. The van der Waals surface area contributed by atoms with Gasteiger partial charge in [0.15, 0.2) is 0 Å². The Kier molecular flexibility index (Phi) is 3.73. The zero-order valence-corrected chi connectivity index (χ0v) is 11.2. The van der Waals surface area contributed by atoms with Gasteiger partial charge in [-0.15, -0.1) is 0 Å². The summed E-state index contributed by atoms with van der Waals surface area (Å²) >= 11 is 0. The number of nitrogens with one attached hydrogen (secondary N) is 1. The highest BCUT2D eigenvalue weighted by Gasteiger charge is 2.09. The smallest absolute Gasteiger partial charge is 0.255 e. The highest BCUT2D eigenvalue weighted by atomic mass is 32.2. The first-order valence-electron chi connectivity index (χ1n) is 5.66. The van der Waals surface area contributed by atoms with Gasteiger partial charge < -0.3 is 11.1 Å². The number of hydrogen-bond acceptors (Lipinski definition) is 4. The number of anilines is 2. The molecule has 0 unspecified atom stereocenters. The van der Waals surface area contributed by atoms with Crippen LogP contribution in [0.5, 0.6) is 0 Å². The molecule has 7 heteroatoms. The summed E-state index contributed by atoms with van der Waals surface area (Å²) in [6, 6.07) is 12.1. The third-order valence-corrected chi connectivity index (χ3v) is 3.52. The molecule has 104 valence electrons. The zero-order chi connectivity index (χ0) is 14.8. The van der Waals surface area contributed by atoms with Crippen molar-refractivity contribution in [2.75, 3.05) is 11.1 Å². The van der Waals surface area contributed by atoms with Crippen molar-refractivity contribution >= 4 is 27.3 Å².